The minimum atomic E-state index is -0.369. The molecule has 1 aliphatic rings. The van der Waals surface area contributed by atoms with Crippen LogP contribution in [0.25, 0.3) is 10.2 Å². The van der Waals surface area contributed by atoms with E-state index in [4.69, 9.17) is 0 Å². The van der Waals surface area contributed by atoms with E-state index in [0.717, 1.165) is 27.4 Å². The summed E-state index contributed by atoms with van der Waals surface area (Å²) in [5.41, 5.74) is 0.981. The third-order valence-corrected chi connectivity index (χ3v) is 5.81. The van der Waals surface area contributed by atoms with Gasteiger partial charge in [0.25, 0.3) is 0 Å². The zero-order valence-electron chi connectivity index (χ0n) is 11.9. The molecule has 0 spiro atoms. The number of hydrogen-bond acceptors (Lipinski definition) is 5. The van der Waals surface area contributed by atoms with E-state index in [2.05, 4.69) is 4.98 Å². The number of carbonyl (C=O) groups is 1. The van der Waals surface area contributed by atoms with Crippen LogP contribution >= 0.6 is 23.1 Å². The topological polar surface area (TPSA) is 53.4 Å². The Hall–Kier alpha value is -1.11. The molecule has 1 fully saturated rings. The number of aromatic nitrogens is 1. The molecule has 1 unspecified atom stereocenters. The van der Waals surface area contributed by atoms with Crippen molar-refractivity contribution in [2.24, 2.45) is 5.92 Å². The Balaban J connectivity index is 1.52. The van der Waals surface area contributed by atoms with Gasteiger partial charge in [0, 0.05) is 13.6 Å². The largest absolute Gasteiger partial charge is 0.391 e. The minimum absolute atomic E-state index is 0.0407. The van der Waals surface area contributed by atoms with E-state index in [0.29, 0.717) is 18.2 Å². The summed E-state index contributed by atoms with van der Waals surface area (Å²) in [6, 6.07) is 7.98. The van der Waals surface area contributed by atoms with Crippen molar-refractivity contribution in [1.82, 2.24) is 9.88 Å². The first-order valence-corrected chi connectivity index (χ1v) is 8.84. The van der Waals surface area contributed by atoms with Gasteiger partial charge in [0.2, 0.25) is 5.91 Å². The second-order valence-electron chi connectivity index (χ2n) is 5.42. The van der Waals surface area contributed by atoms with Gasteiger partial charge in [0.15, 0.2) is 4.34 Å². The van der Waals surface area contributed by atoms with Crippen LogP contribution in [0.5, 0.6) is 0 Å². The fraction of sp³-hybridized carbons (Fsp3) is 0.467. The number of likely N-dealkylation sites (N-methyl/N-ethyl adjacent to an activating group) is 1. The number of nitrogens with zero attached hydrogens (tertiary/aromatic N) is 2. The second-order valence-corrected chi connectivity index (χ2v) is 7.67. The number of hydrogen-bond donors (Lipinski definition) is 1. The first-order chi connectivity index (χ1) is 10.1. The van der Waals surface area contributed by atoms with Crippen molar-refractivity contribution in [2.45, 2.75) is 23.3 Å². The quantitative estimate of drug-likeness (QED) is 0.831. The lowest BCUT2D eigenvalue weighted by molar-refractivity contribution is -0.128. The van der Waals surface area contributed by atoms with E-state index in [1.807, 2.05) is 24.3 Å². The Bertz CT molecular complexity index is 606. The first-order valence-electron chi connectivity index (χ1n) is 7.04. The van der Waals surface area contributed by atoms with Crippen LogP contribution in [0.3, 0.4) is 0 Å². The monoisotopic (exact) mass is 322 g/mol. The van der Waals surface area contributed by atoms with E-state index >= 15 is 0 Å². The average molecular weight is 322 g/mol. The molecule has 1 atom stereocenters. The smallest absolute Gasteiger partial charge is 0.232 e. The van der Waals surface area contributed by atoms with E-state index in [1.165, 1.54) is 11.8 Å². The number of thiazole rings is 1. The molecule has 21 heavy (non-hydrogen) atoms. The summed E-state index contributed by atoms with van der Waals surface area (Å²) in [5.74, 6) is 0.810. The summed E-state index contributed by atoms with van der Waals surface area (Å²) in [6.45, 7) is 0.434. The van der Waals surface area contributed by atoms with Crippen molar-refractivity contribution in [2.75, 3.05) is 19.3 Å². The van der Waals surface area contributed by atoms with Crippen molar-refractivity contribution in [3.8, 4) is 0 Å². The van der Waals surface area contributed by atoms with Crippen molar-refractivity contribution >= 4 is 39.2 Å². The molecular weight excluding hydrogens is 304 g/mol. The molecule has 1 aromatic carbocycles. The average Bonchev–Trinajstić information content (AvgIpc) is 3.24. The number of benzene rings is 1. The number of amides is 1. The molecule has 0 saturated heterocycles. The second kappa shape index (κ2) is 6.34. The summed E-state index contributed by atoms with van der Waals surface area (Å²) >= 11 is 3.08. The number of rotatable bonds is 6. The molecule has 1 saturated carbocycles. The molecule has 1 aromatic heterocycles. The SMILES string of the molecule is CN(CC(O)C1CC1)C(=O)CSc1nc2ccccc2s1. The van der Waals surface area contributed by atoms with E-state index in [-0.39, 0.29) is 12.0 Å². The van der Waals surface area contributed by atoms with Gasteiger partial charge in [-0.15, -0.1) is 11.3 Å². The highest BCUT2D eigenvalue weighted by Crippen LogP contribution is 2.33. The Morgan fingerprint density at radius 2 is 2.29 bits per heavy atom. The highest BCUT2D eigenvalue weighted by Gasteiger charge is 2.31. The van der Waals surface area contributed by atoms with Gasteiger partial charge in [-0.1, -0.05) is 23.9 Å². The predicted octanol–water partition coefficient (Wildman–Crippen LogP) is 2.62. The third kappa shape index (κ3) is 3.75. The predicted molar refractivity (Wildman–Crippen MR) is 86.7 cm³/mol. The zero-order chi connectivity index (χ0) is 14.8. The molecule has 112 valence electrons. The number of aliphatic hydroxyl groups excluding tert-OH is 1. The summed E-state index contributed by atoms with van der Waals surface area (Å²) in [5, 5.41) is 9.88. The molecule has 0 radical (unpaired) electrons. The van der Waals surface area contributed by atoms with Gasteiger partial charge < -0.3 is 10.0 Å². The van der Waals surface area contributed by atoms with Crippen LogP contribution in [-0.2, 0) is 4.79 Å². The maximum Gasteiger partial charge on any atom is 0.232 e. The number of carbonyl (C=O) groups excluding carboxylic acids is 1. The van der Waals surface area contributed by atoms with Gasteiger partial charge >= 0.3 is 0 Å². The number of thioether (sulfide) groups is 1. The maximum atomic E-state index is 12.1. The fourth-order valence-electron chi connectivity index (χ4n) is 2.16. The molecule has 0 aliphatic heterocycles. The van der Waals surface area contributed by atoms with Gasteiger partial charge in [0.1, 0.15) is 0 Å². The molecule has 3 rings (SSSR count). The standard InChI is InChI=1S/C15H18N2O2S2/c1-17(8-12(18)10-6-7-10)14(19)9-20-15-16-11-4-2-3-5-13(11)21-15/h2-5,10,12,18H,6-9H2,1H3. The Morgan fingerprint density at radius 1 is 1.52 bits per heavy atom. The summed E-state index contributed by atoms with van der Waals surface area (Å²) in [4.78, 5) is 18.2. The van der Waals surface area contributed by atoms with Gasteiger partial charge in [-0.25, -0.2) is 4.98 Å². The van der Waals surface area contributed by atoms with Crippen molar-refractivity contribution in [3.05, 3.63) is 24.3 Å². The molecule has 4 nitrogen and oxygen atoms in total. The Kier molecular flexibility index (Phi) is 4.47. The number of aliphatic hydroxyl groups is 1. The normalized spacial score (nSPS) is 16.1. The van der Waals surface area contributed by atoms with Gasteiger partial charge in [-0.2, -0.15) is 0 Å². The van der Waals surface area contributed by atoms with Crippen LogP contribution in [-0.4, -0.2) is 46.3 Å². The van der Waals surface area contributed by atoms with Crippen molar-refractivity contribution < 1.29 is 9.90 Å². The summed E-state index contributed by atoms with van der Waals surface area (Å²) in [7, 11) is 1.76. The number of fused-ring (bicyclic) bond motifs is 1. The fourth-order valence-corrected chi connectivity index (χ4v) is 4.17. The van der Waals surface area contributed by atoms with Crippen LogP contribution in [0.4, 0.5) is 0 Å². The molecule has 6 heteroatoms. The molecule has 1 N–H and O–H groups in total. The van der Waals surface area contributed by atoms with Gasteiger partial charge in [-0.05, 0) is 30.9 Å². The molecule has 0 bridgehead atoms. The van der Waals surface area contributed by atoms with Crippen LogP contribution in [0, 0.1) is 5.92 Å². The summed E-state index contributed by atoms with van der Waals surface area (Å²) < 4.78 is 2.06. The molecule has 1 amide bonds. The van der Waals surface area contributed by atoms with Crippen LogP contribution in [0.15, 0.2) is 28.6 Å². The van der Waals surface area contributed by atoms with E-state index in [9.17, 15) is 9.90 Å². The zero-order valence-corrected chi connectivity index (χ0v) is 13.5. The third-order valence-electron chi connectivity index (χ3n) is 3.65. The van der Waals surface area contributed by atoms with Gasteiger partial charge in [0.05, 0.1) is 22.1 Å². The molecule has 1 heterocycles. The first kappa shape index (κ1) is 14.8. The molecule has 1 aliphatic carbocycles. The molecular formula is C15H18N2O2S2. The highest BCUT2D eigenvalue weighted by molar-refractivity contribution is 8.01. The lowest BCUT2D eigenvalue weighted by Gasteiger charge is -2.20. The Morgan fingerprint density at radius 3 is 3.00 bits per heavy atom. The highest BCUT2D eigenvalue weighted by atomic mass is 32.2. The minimum Gasteiger partial charge on any atom is -0.391 e. The number of para-hydroxylation sites is 1. The molecule has 2 aromatic rings. The van der Waals surface area contributed by atoms with Crippen LogP contribution < -0.4 is 0 Å². The lowest BCUT2D eigenvalue weighted by Crippen LogP contribution is -2.36. The van der Waals surface area contributed by atoms with Gasteiger partial charge in [-0.3, -0.25) is 4.79 Å². The summed E-state index contributed by atoms with van der Waals surface area (Å²) in [6.07, 6.45) is 1.80. The van der Waals surface area contributed by atoms with Crippen molar-refractivity contribution in [1.29, 1.82) is 0 Å². The van der Waals surface area contributed by atoms with E-state index < -0.39 is 0 Å². The van der Waals surface area contributed by atoms with E-state index in [1.54, 1.807) is 23.3 Å². The maximum absolute atomic E-state index is 12.1. The van der Waals surface area contributed by atoms with Crippen LogP contribution in [0.1, 0.15) is 12.8 Å². The lowest BCUT2D eigenvalue weighted by atomic mass is 10.2. The van der Waals surface area contributed by atoms with Crippen LogP contribution in [0.2, 0.25) is 0 Å². The van der Waals surface area contributed by atoms with Crippen molar-refractivity contribution in [3.63, 3.8) is 0 Å². The Labute approximate surface area is 132 Å².